The monoisotopic (exact) mass is 428 g/mol. The number of alkyl halides is 3. The molecule has 1 N–H and O–H groups in total. The van der Waals surface area contributed by atoms with E-state index >= 15 is 0 Å². The number of carbonyl (C=O) groups excluding carboxylic acids is 1. The first-order valence-corrected chi connectivity index (χ1v) is 10.2. The standard InChI is InChI=1S/C19H19F3N2O4S/c1-13-6-7-14(29(26,27)24-8-10-28-11-9-24)12-17(13)23-18(25)15-4-2-3-5-16(15)19(20,21)22/h2-7,12H,8-11H2,1H3,(H,23,25). The number of ether oxygens (including phenoxy) is 1. The van der Waals surface area contributed by atoms with Crippen molar-refractivity contribution in [3.8, 4) is 0 Å². The maximum atomic E-state index is 13.2. The Bertz CT molecular complexity index is 1020. The molecule has 0 atom stereocenters. The van der Waals surface area contributed by atoms with Gasteiger partial charge in [-0.2, -0.15) is 17.5 Å². The Labute approximate surface area is 166 Å². The fourth-order valence-corrected chi connectivity index (χ4v) is 4.38. The molecular formula is C19H19F3N2O4S. The van der Waals surface area contributed by atoms with Crippen LogP contribution in [0.5, 0.6) is 0 Å². The van der Waals surface area contributed by atoms with E-state index in [2.05, 4.69) is 5.32 Å². The summed E-state index contributed by atoms with van der Waals surface area (Å²) in [7, 11) is -3.81. The van der Waals surface area contributed by atoms with Crippen LogP contribution >= 0.6 is 0 Å². The zero-order valence-electron chi connectivity index (χ0n) is 15.5. The Balaban J connectivity index is 1.91. The third kappa shape index (κ3) is 4.60. The van der Waals surface area contributed by atoms with Crippen LogP contribution in [0.4, 0.5) is 18.9 Å². The van der Waals surface area contributed by atoms with E-state index in [1.165, 1.54) is 34.6 Å². The van der Waals surface area contributed by atoms with Gasteiger partial charge in [-0.25, -0.2) is 8.42 Å². The summed E-state index contributed by atoms with van der Waals surface area (Å²) in [4.78, 5) is 12.5. The quantitative estimate of drug-likeness (QED) is 0.811. The van der Waals surface area contributed by atoms with E-state index in [9.17, 15) is 26.4 Å². The third-order valence-corrected chi connectivity index (χ3v) is 6.44. The molecular weight excluding hydrogens is 409 g/mol. The molecule has 3 rings (SSSR count). The maximum absolute atomic E-state index is 13.2. The SMILES string of the molecule is Cc1ccc(S(=O)(=O)N2CCOCC2)cc1NC(=O)c1ccccc1C(F)(F)F. The number of morpholine rings is 1. The summed E-state index contributed by atoms with van der Waals surface area (Å²) in [5.41, 5.74) is -0.960. The lowest BCUT2D eigenvalue weighted by atomic mass is 10.1. The molecule has 2 aromatic carbocycles. The largest absolute Gasteiger partial charge is 0.417 e. The fourth-order valence-electron chi connectivity index (χ4n) is 2.95. The molecule has 10 heteroatoms. The van der Waals surface area contributed by atoms with Crippen LogP contribution in [0.15, 0.2) is 47.4 Å². The van der Waals surface area contributed by atoms with Crippen LogP contribution in [0.3, 0.4) is 0 Å². The Kier molecular flexibility index (Phi) is 5.97. The lowest BCUT2D eigenvalue weighted by Crippen LogP contribution is -2.40. The molecule has 1 fully saturated rings. The number of amides is 1. The Hall–Kier alpha value is -2.43. The van der Waals surface area contributed by atoms with Crippen LogP contribution < -0.4 is 5.32 Å². The summed E-state index contributed by atoms with van der Waals surface area (Å²) in [6.07, 6.45) is -4.69. The smallest absolute Gasteiger partial charge is 0.379 e. The van der Waals surface area contributed by atoms with Crippen molar-refractivity contribution >= 4 is 21.6 Å². The van der Waals surface area contributed by atoms with E-state index in [4.69, 9.17) is 4.74 Å². The number of rotatable bonds is 4. The van der Waals surface area contributed by atoms with Gasteiger partial charge in [0.25, 0.3) is 5.91 Å². The highest BCUT2D eigenvalue weighted by Crippen LogP contribution is 2.32. The highest BCUT2D eigenvalue weighted by atomic mass is 32.2. The summed E-state index contributed by atoms with van der Waals surface area (Å²) < 4.78 is 71.6. The maximum Gasteiger partial charge on any atom is 0.417 e. The topological polar surface area (TPSA) is 75.7 Å². The molecule has 0 spiro atoms. The Morgan fingerprint density at radius 2 is 1.76 bits per heavy atom. The van der Waals surface area contributed by atoms with Gasteiger partial charge in [0, 0.05) is 18.8 Å². The van der Waals surface area contributed by atoms with Gasteiger partial charge in [-0.3, -0.25) is 4.79 Å². The number of halogens is 3. The second kappa shape index (κ2) is 8.13. The first-order chi connectivity index (χ1) is 13.6. The summed E-state index contributed by atoms with van der Waals surface area (Å²) in [5.74, 6) is -0.970. The van der Waals surface area contributed by atoms with E-state index < -0.39 is 33.2 Å². The summed E-state index contributed by atoms with van der Waals surface area (Å²) in [6.45, 7) is 2.59. The fraction of sp³-hybridized carbons (Fsp3) is 0.316. The van der Waals surface area contributed by atoms with E-state index in [0.29, 0.717) is 5.56 Å². The van der Waals surface area contributed by atoms with Gasteiger partial charge in [0.1, 0.15) is 0 Å². The number of aryl methyl sites for hydroxylation is 1. The lowest BCUT2D eigenvalue weighted by Gasteiger charge is -2.26. The number of nitrogens with zero attached hydrogens (tertiary/aromatic N) is 1. The average Bonchev–Trinajstić information content (AvgIpc) is 2.69. The summed E-state index contributed by atoms with van der Waals surface area (Å²) in [5, 5.41) is 2.41. The summed E-state index contributed by atoms with van der Waals surface area (Å²) >= 11 is 0. The molecule has 1 amide bonds. The number of carbonyl (C=O) groups is 1. The van der Waals surface area contributed by atoms with Crippen LogP contribution in [0.1, 0.15) is 21.5 Å². The van der Waals surface area contributed by atoms with Gasteiger partial charge in [-0.1, -0.05) is 18.2 Å². The minimum Gasteiger partial charge on any atom is -0.379 e. The Morgan fingerprint density at radius 3 is 2.41 bits per heavy atom. The molecule has 0 saturated carbocycles. The highest BCUT2D eigenvalue weighted by molar-refractivity contribution is 7.89. The van der Waals surface area contributed by atoms with E-state index in [1.807, 2.05) is 0 Å². The first-order valence-electron chi connectivity index (χ1n) is 8.77. The Morgan fingerprint density at radius 1 is 1.10 bits per heavy atom. The van der Waals surface area contributed by atoms with Gasteiger partial charge >= 0.3 is 6.18 Å². The van der Waals surface area contributed by atoms with Crippen molar-refractivity contribution in [2.75, 3.05) is 31.6 Å². The van der Waals surface area contributed by atoms with Crippen molar-refractivity contribution < 1.29 is 31.1 Å². The average molecular weight is 428 g/mol. The second-order valence-electron chi connectivity index (χ2n) is 6.49. The van der Waals surface area contributed by atoms with Gasteiger partial charge < -0.3 is 10.1 Å². The van der Waals surface area contributed by atoms with E-state index in [1.54, 1.807) is 6.92 Å². The number of nitrogens with one attached hydrogen (secondary N) is 1. The third-order valence-electron chi connectivity index (χ3n) is 4.54. The van der Waals surface area contributed by atoms with Crippen molar-refractivity contribution in [2.45, 2.75) is 18.0 Å². The zero-order chi connectivity index (χ0) is 21.2. The van der Waals surface area contributed by atoms with Crippen molar-refractivity contribution in [2.24, 2.45) is 0 Å². The predicted octanol–water partition coefficient (Wildman–Crippen LogP) is 3.29. The second-order valence-corrected chi connectivity index (χ2v) is 8.43. The molecule has 0 unspecified atom stereocenters. The van der Waals surface area contributed by atoms with Crippen molar-refractivity contribution in [1.82, 2.24) is 4.31 Å². The minimum atomic E-state index is -4.69. The first kappa shape index (κ1) is 21.3. The molecule has 156 valence electrons. The highest BCUT2D eigenvalue weighted by Gasteiger charge is 2.35. The molecule has 0 bridgehead atoms. The van der Waals surface area contributed by atoms with Gasteiger partial charge in [0.05, 0.1) is 29.2 Å². The predicted molar refractivity (Wildman–Crippen MR) is 100 cm³/mol. The van der Waals surface area contributed by atoms with Gasteiger partial charge in [0.15, 0.2) is 0 Å². The van der Waals surface area contributed by atoms with Crippen LogP contribution in [0.25, 0.3) is 0 Å². The molecule has 0 radical (unpaired) electrons. The van der Waals surface area contributed by atoms with Gasteiger partial charge in [0.2, 0.25) is 10.0 Å². The number of hydrogen-bond acceptors (Lipinski definition) is 4. The van der Waals surface area contributed by atoms with Crippen LogP contribution in [0.2, 0.25) is 0 Å². The molecule has 2 aromatic rings. The van der Waals surface area contributed by atoms with Crippen LogP contribution in [0, 0.1) is 6.92 Å². The molecule has 29 heavy (non-hydrogen) atoms. The number of sulfonamides is 1. The lowest BCUT2D eigenvalue weighted by molar-refractivity contribution is -0.137. The van der Waals surface area contributed by atoms with Crippen molar-refractivity contribution in [3.63, 3.8) is 0 Å². The molecule has 1 saturated heterocycles. The molecule has 1 heterocycles. The molecule has 0 aliphatic carbocycles. The van der Waals surface area contributed by atoms with E-state index in [-0.39, 0.29) is 36.9 Å². The number of hydrogen-bond donors (Lipinski definition) is 1. The van der Waals surface area contributed by atoms with Crippen LogP contribution in [-0.4, -0.2) is 44.9 Å². The molecule has 1 aliphatic rings. The molecule has 0 aromatic heterocycles. The van der Waals surface area contributed by atoms with Crippen molar-refractivity contribution in [1.29, 1.82) is 0 Å². The zero-order valence-corrected chi connectivity index (χ0v) is 16.3. The van der Waals surface area contributed by atoms with Gasteiger partial charge in [-0.15, -0.1) is 0 Å². The van der Waals surface area contributed by atoms with Crippen molar-refractivity contribution in [3.05, 3.63) is 59.2 Å². The van der Waals surface area contributed by atoms with E-state index in [0.717, 1.165) is 12.1 Å². The number of anilines is 1. The normalized spacial score (nSPS) is 15.9. The van der Waals surface area contributed by atoms with Gasteiger partial charge in [-0.05, 0) is 36.8 Å². The molecule has 1 aliphatic heterocycles. The molecule has 6 nitrogen and oxygen atoms in total. The summed E-state index contributed by atoms with van der Waals surface area (Å²) in [6, 6.07) is 8.58. The minimum absolute atomic E-state index is 0.0515. The number of benzene rings is 2. The van der Waals surface area contributed by atoms with Crippen LogP contribution in [-0.2, 0) is 20.9 Å².